The molecule has 3 heterocycles. The van der Waals surface area contributed by atoms with Crippen LogP contribution in [0.15, 0.2) is 24.3 Å². The normalized spacial score (nSPS) is 20.3. The van der Waals surface area contributed by atoms with Crippen LogP contribution in [0.5, 0.6) is 5.88 Å². The Morgan fingerprint density at radius 3 is 3.04 bits per heavy atom. The van der Waals surface area contributed by atoms with E-state index in [-0.39, 0.29) is 0 Å². The second kappa shape index (κ2) is 6.49. The van der Waals surface area contributed by atoms with Crippen LogP contribution in [0.4, 0.5) is 0 Å². The van der Waals surface area contributed by atoms with Crippen LogP contribution in [0.1, 0.15) is 34.3 Å². The first-order valence-electron chi connectivity index (χ1n) is 8.68. The summed E-state index contributed by atoms with van der Waals surface area (Å²) in [6.45, 7) is 6.41. The molecule has 2 aliphatic rings. The summed E-state index contributed by atoms with van der Waals surface area (Å²) in [7, 11) is 1.65. The maximum Gasteiger partial charge on any atom is 0.216 e. The molecule has 1 atom stereocenters. The average molecular weight is 324 g/mol. The van der Waals surface area contributed by atoms with E-state index in [1.165, 1.54) is 23.2 Å². The van der Waals surface area contributed by atoms with Crippen LogP contribution in [0, 0.1) is 6.92 Å². The molecule has 0 unspecified atom stereocenters. The molecule has 5 heteroatoms. The molecule has 0 spiro atoms. The molecular weight excluding hydrogens is 300 g/mol. The monoisotopic (exact) mass is 324 g/mol. The highest BCUT2D eigenvalue weighted by Crippen LogP contribution is 2.31. The fourth-order valence-electron chi connectivity index (χ4n) is 3.90. The van der Waals surface area contributed by atoms with Crippen LogP contribution in [-0.4, -0.2) is 48.2 Å². The van der Waals surface area contributed by atoms with Crippen molar-refractivity contribution in [2.75, 3.05) is 33.3 Å². The summed E-state index contributed by atoms with van der Waals surface area (Å²) in [5, 5.41) is 3.53. The molecule has 5 nitrogen and oxygen atoms in total. The Morgan fingerprint density at radius 1 is 1.25 bits per heavy atom. The highest BCUT2D eigenvalue weighted by atomic mass is 16.5. The van der Waals surface area contributed by atoms with Gasteiger partial charge in [-0.1, -0.05) is 18.2 Å². The van der Waals surface area contributed by atoms with Crippen LogP contribution < -0.4 is 10.1 Å². The lowest BCUT2D eigenvalue weighted by Crippen LogP contribution is -2.48. The van der Waals surface area contributed by atoms with E-state index in [4.69, 9.17) is 4.74 Å². The molecule has 2 aliphatic heterocycles. The second-order valence-electron chi connectivity index (χ2n) is 6.66. The minimum absolute atomic E-state index is 0.540. The van der Waals surface area contributed by atoms with Crippen molar-refractivity contribution in [1.82, 2.24) is 20.2 Å². The topological polar surface area (TPSA) is 50.3 Å². The zero-order valence-corrected chi connectivity index (χ0v) is 14.4. The molecule has 1 N–H and O–H groups in total. The molecule has 24 heavy (non-hydrogen) atoms. The zero-order chi connectivity index (χ0) is 16.5. The van der Waals surface area contributed by atoms with Crippen LogP contribution in [0.25, 0.3) is 0 Å². The van der Waals surface area contributed by atoms with Gasteiger partial charge in [-0.3, -0.25) is 4.90 Å². The number of hydrogen-bond acceptors (Lipinski definition) is 5. The van der Waals surface area contributed by atoms with Crippen molar-refractivity contribution < 1.29 is 4.74 Å². The van der Waals surface area contributed by atoms with E-state index in [1.807, 2.05) is 13.0 Å². The van der Waals surface area contributed by atoms with Crippen molar-refractivity contribution in [3.8, 4) is 5.88 Å². The summed E-state index contributed by atoms with van der Waals surface area (Å²) in [6, 6.07) is 9.41. The Balaban J connectivity index is 1.59. The van der Waals surface area contributed by atoms with E-state index in [2.05, 4.69) is 38.4 Å². The molecule has 0 bridgehead atoms. The van der Waals surface area contributed by atoms with Crippen LogP contribution in [0.3, 0.4) is 0 Å². The first-order chi connectivity index (χ1) is 11.7. The largest absolute Gasteiger partial charge is 0.481 e. The van der Waals surface area contributed by atoms with Gasteiger partial charge in [0, 0.05) is 44.7 Å². The standard InChI is InChI=1S/C19H24N4O/c1-13-21-16(11-19(22-13)24-2)10-14-3-4-17-15(9-14)5-7-23-8-6-20-12-18(17)23/h3-4,9,11,18,20H,5-8,10,12H2,1-2H3/t18-/m0/s1. The Hall–Kier alpha value is -1.98. The number of methoxy groups -OCH3 is 1. The Labute approximate surface area is 143 Å². The molecule has 1 aromatic carbocycles. The van der Waals surface area contributed by atoms with Gasteiger partial charge in [0.1, 0.15) is 5.82 Å². The highest BCUT2D eigenvalue weighted by molar-refractivity contribution is 5.38. The SMILES string of the molecule is COc1cc(Cc2ccc3c(c2)CCN2CCNC[C@@H]32)nc(C)n1. The van der Waals surface area contributed by atoms with Gasteiger partial charge < -0.3 is 10.1 Å². The number of ether oxygens (including phenoxy) is 1. The van der Waals surface area contributed by atoms with E-state index in [0.717, 1.165) is 44.0 Å². The number of fused-ring (bicyclic) bond motifs is 3. The predicted octanol–water partition coefficient (Wildman–Crippen LogP) is 1.89. The summed E-state index contributed by atoms with van der Waals surface area (Å²) in [5.41, 5.74) is 5.31. The maximum atomic E-state index is 5.26. The van der Waals surface area contributed by atoms with Gasteiger partial charge in [-0.25, -0.2) is 4.98 Å². The van der Waals surface area contributed by atoms with E-state index >= 15 is 0 Å². The molecule has 0 radical (unpaired) electrons. The first-order valence-corrected chi connectivity index (χ1v) is 8.68. The van der Waals surface area contributed by atoms with Crippen molar-refractivity contribution in [2.45, 2.75) is 25.8 Å². The smallest absolute Gasteiger partial charge is 0.216 e. The van der Waals surface area contributed by atoms with Crippen molar-refractivity contribution in [3.63, 3.8) is 0 Å². The number of nitrogens with one attached hydrogen (secondary N) is 1. The molecule has 0 amide bonds. The van der Waals surface area contributed by atoms with E-state index in [9.17, 15) is 0 Å². The van der Waals surface area contributed by atoms with Crippen molar-refractivity contribution in [3.05, 3.63) is 52.5 Å². The summed E-state index contributed by atoms with van der Waals surface area (Å²) in [4.78, 5) is 11.4. The lowest BCUT2D eigenvalue weighted by atomic mass is 9.89. The van der Waals surface area contributed by atoms with E-state index in [1.54, 1.807) is 7.11 Å². The molecule has 1 fully saturated rings. The quantitative estimate of drug-likeness (QED) is 0.934. The second-order valence-corrected chi connectivity index (χ2v) is 6.66. The number of nitrogens with zero attached hydrogens (tertiary/aromatic N) is 3. The number of hydrogen-bond donors (Lipinski definition) is 1. The Bertz CT molecular complexity index is 746. The summed E-state index contributed by atoms with van der Waals surface area (Å²) in [5.74, 6) is 1.39. The number of benzene rings is 1. The number of aromatic nitrogens is 2. The lowest BCUT2D eigenvalue weighted by Gasteiger charge is -2.41. The first kappa shape index (κ1) is 15.5. The average Bonchev–Trinajstić information content (AvgIpc) is 2.61. The zero-order valence-electron chi connectivity index (χ0n) is 14.4. The third-order valence-electron chi connectivity index (χ3n) is 5.05. The Morgan fingerprint density at radius 2 is 2.17 bits per heavy atom. The van der Waals surface area contributed by atoms with Gasteiger partial charge in [0.2, 0.25) is 5.88 Å². The Kier molecular flexibility index (Phi) is 4.21. The number of piperazine rings is 1. The van der Waals surface area contributed by atoms with Crippen molar-refractivity contribution >= 4 is 0 Å². The molecule has 0 saturated carbocycles. The fourth-order valence-corrected chi connectivity index (χ4v) is 3.90. The molecule has 1 saturated heterocycles. The van der Waals surface area contributed by atoms with Gasteiger partial charge >= 0.3 is 0 Å². The van der Waals surface area contributed by atoms with Crippen molar-refractivity contribution in [1.29, 1.82) is 0 Å². The minimum Gasteiger partial charge on any atom is -0.481 e. The number of rotatable bonds is 3. The highest BCUT2D eigenvalue weighted by Gasteiger charge is 2.29. The van der Waals surface area contributed by atoms with Gasteiger partial charge in [0.25, 0.3) is 0 Å². The summed E-state index contributed by atoms with van der Waals surface area (Å²) >= 11 is 0. The molecule has 126 valence electrons. The predicted molar refractivity (Wildman–Crippen MR) is 93.5 cm³/mol. The van der Waals surface area contributed by atoms with E-state index < -0.39 is 0 Å². The molecular formula is C19H24N4O. The minimum atomic E-state index is 0.540. The number of aryl methyl sites for hydroxylation is 1. The molecule has 2 aromatic rings. The van der Waals surface area contributed by atoms with Crippen LogP contribution in [0.2, 0.25) is 0 Å². The van der Waals surface area contributed by atoms with Crippen molar-refractivity contribution in [2.24, 2.45) is 0 Å². The summed E-state index contributed by atoms with van der Waals surface area (Å²) < 4.78 is 5.26. The lowest BCUT2D eigenvalue weighted by molar-refractivity contribution is 0.152. The van der Waals surface area contributed by atoms with Crippen LogP contribution >= 0.6 is 0 Å². The molecule has 4 rings (SSSR count). The molecule has 1 aromatic heterocycles. The third-order valence-corrected chi connectivity index (χ3v) is 5.05. The third kappa shape index (κ3) is 3.01. The summed E-state index contributed by atoms with van der Waals surface area (Å²) in [6.07, 6.45) is 1.96. The van der Waals surface area contributed by atoms with Gasteiger partial charge in [0.05, 0.1) is 12.8 Å². The maximum absolute atomic E-state index is 5.26. The molecule has 0 aliphatic carbocycles. The van der Waals surface area contributed by atoms with Crippen LogP contribution in [-0.2, 0) is 12.8 Å². The van der Waals surface area contributed by atoms with Gasteiger partial charge in [-0.2, -0.15) is 4.98 Å². The van der Waals surface area contributed by atoms with Gasteiger partial charge in [-0.15, -0.1) is 0 Å². The van der Waals surface area contributed by atoms with Gasteiger partial charge in [0.15, 0.2) is 0 Å². The van der Waals surface area contributed by atoms with Gasteiger partial charge in [-0.05, 0) is 30.0 Å². The fraction of sp³-hybridized carbons (Fsp3) is 0.474. The van der Waals surface area contributed by atoms with E-state index in [0.29, 0.717) is 11.9 Å².